The monoisotopic (exact) mass is 431 g/mol. The Kier molecular flexibility index (Phi) is 6.59. The lowest BCUT2D eigenvalue weighted by Crippen LogP contribution is -2.50. The smallest absolute Gasteiger partial charge is 0.432 e. The largest absolute Gasteiger partial charge is 0.463 e. The zero-order valence-corrected chi connectivity index (χ0v) is 16.5. The molecule has 0 aliphatic rings. The van der Waals surface area contributed by atoms with E-state index in [4.69, 9.17) is 0 Å². The number of benzene rings is 2. The van der Waals surface area contributed by atoms with Gasteiger partial charge in [0.25, 0.3) is 15.6 Å². The summed E-state index contributed by atoms with van der Waals surface area (Å²) in [6.45, 7) is 2.54. The van der Waals surface area contributed by atoms with Crippen LogP contribution in [-0.2, 0) is 25.2 Å². The van der Waals surface area contributed by atoms with Crippen molar-refractivity contribution in [1.82, 2.24) is 0 Å². The second-order valence-electron chi connectivity index (χ2n) is 5.96. The molecule has 0 heterocycles. The van der Waals surface area contributed by atoms with E-state index >= 15 is 0 Å². The number of alkyl halides is 3. The summed E-state index contributed by atoms with van der Waals surface area (Å²) >= 11 is 0. The lowest BCUT2D eigenvalue weighted by molar-refractivity contribution is -0.267. The van der Waals surface area contributed by atoms with Crippen molar-refractivity contribution < 1.29 is 36.2 Å². The highest BCUT2D eigenvalue weighted by Crippen LogP contribution is 2.40. The fraction of sp³-hybridized carbons (Fsp3) is 0.316. The Morgan fingerprint density at radius 2 is 1.59 bits per heavy atom. The first-order valence-corrected chi connectivity index (χ1v) is 10.1. The van der Waals surface area contributed by atoms with E-state index in [0.29, 0.717) is 0 Å². The highest BCUT2D eigenvalue weighted by atomic mass is 32.2. The number of rotatable bonds is 7. The maximum atomic E-state index is 13.4. The lowest BCUT2D eigenvalue weighted by atomic mass is 9.93. The first-order chi connectivity index (χ1) is 13.5. The van der Waals surface area contributed by atoms with Gasteiger partial charge >= 0.3 is 12.1 Å². The van der Waals surface area contributed by atoms with E-state index in [-0.39, 0.29) is 23.7 Å². The number of hydrogen-bond acceptors (Lipinski definition) is 5. The predicted octanol–water partition coefficient (Wildman–Crippen LogP) is 3.21. The molecule has 0 bridgehead atoms. The van der Waals surface area contributed by atoms with E-state index in [1.165, 1.54) is 19.1 Å². The number of sulfonamides is 1. The summed E-state index contributed by atoms with van der Waals surface area (Å²) in [5.41, 5.74) is -4.56. The first kappa shape index (κ1) is 22.7. The number of carbonyl (C=O) groups is 1. The minimum absolute atomic E-state index is 0.0119. The van der Waals surface area contributed by atoms with Crippen LogP contribution in [0.3, 0.4) is 0 Å². The highest BCUT2D eigenvalue weighted by Gasteiger charge is 2.62. The van der Waals surface area contributed by atoms with Gasteiger partial charge in [0.2, 0.25) is 0 Å². The molecule has 1 N–H and O–H groups in total. The molecule has 29 heavy (non-hydrogen) atoms. The SMILES string of the molecule is CCOC(=O)[C@@](O)(c1ccc(N(CC)S(=O)(=O)c2ccccc2)cc1)C(F)(F)F. The third kappa shape index (κ3) is 4.23. The van der Waals surface area contributed by atoms with Crippen molar-refractivity contribution in [3.63, 3.8) is 0 Å². The molecule has 0 amide bonds. The van der Waals surface area contributed by atoms with Gasteiger partial charge in [-0.15, -0.1) is 0 Å². The van der Waals surface area contributed by atoms with Crippen LogP contribution in [0.1, 0.15) is 19.4 Å². The van der Waals surface area contributed by atoms with Crippen molar-refractivity contribution in [1.29, 1.82) is 0 Å². The first-order valence-electron chi connectivity index (χ1n) is 8.64. The van der Waals surface area contributed by atoms with Crippen molar-refractivity contribution in [2.75, 3.05) is 17.5 Å². The summed E-state index contributed by atoms with van der Waals surface area (Å²) in [6, 6.07) is 11.4. The molecule has 2 aromatic carbocycles. The van der Waals surface area contributed by atoms with Gasteiger partial charge in [-0.1, -0.05) is 30.3 Å². The molecule has 0 spiro atoms. The van der Waals surface area contributed by atoms with Gasteiger partial charge in [-0.05, 0) is 38.1 Å². The summed E-state index contributed by atoms with van der Waals surface area (Å²) in [5.74, 6) is -1.86. The molecule has 10 heteroatoms. The molecule has 2 aromatic rings. The molecule has 0 aliphatic carbocycles. The fourth-order valence-electron chi connectivity index (χ4n) is 2.71. The molecule has 0 saturated heterocycles. The number of hydrogen-bond donors (Lipinski definition) is 1. The molecular weight excluding hydrogens is 411 g/mol. The Labute approximate surface area is 166 Å². The topological polar surface area (TPSA) is 83.9 Å². The predicted molar refractivity (Wildman–Crippen MR) is 99.7 cm³/mol. The maximum Gasteiger partial charge on any atom is 0.432 e. The molecule has 0 unspecified atom stereocenters. The number of aliphatic hydroxyl groups is 1. The van der Waals surface area contributed by atoms with Gasteiger partial charge in [-0.25, -0.2) is 13.2 Å². The quantitative estimate of drug-likeness (QED) is 0.681. The van der Waals surface area contributed by atoms with Crippen molar-refractivity contribution in [3.8, 4) is 0 Å². The van der Waals surface area contributed by atoms with Gasteiger partial charge in [0, 0.05) is 12.1 Å². The Balaban J connectivity index is 2.48. The molecule has 0 saturated carbocycles. The van der Waals surface area contributed by atoms with Crippen LogP contribution in [0.4, 0.5) is 18.9 Å². The average Bonchev–Trinajstić information content (AvgIpc) is 2.68. The number of carbonyl (C=O) groups excluding carboxylic acids is 1. The normalized spacial score (nSPS) is 14.1. The maximum absolute atomic E-state index is 13.4. The van der Waals surface area contributed by atoms with Gasteiger partial charge in [-0.2, -0.15) is 13.2 Å². The molecule has 2 rings (SSSR count). The highest BCUT2D eigenvalue weighted by molar-refractivity contribution is 7.92. The third-order valence-electron chi connectivity index (χ3n) is 4.17. The van der Waals surface area contributed by atoms with E-state index in [9.17, 15) is 31.5 Å². The van der Waals surface area contributed by atoms with Crippen LogP contribution in [0.2, 0.25) is 0 Å². The van der Waals surface area contributed by atoms with Gasteiger partial charge < -0.3 is 9.84 Å². The standard InChI is InChI=1S/C19H20F3NO5S/c1-3-23(29(26,27)16-8-6-5-7-9-16)15-12-10-14(11-13-15)18(25,19(20,21)22)17(24)28-4-2/h5-13,25H,3-4H2,1-2H3/t18-/m0/s1. The minimum atomic E-state index is -5.33. The van der Waals surface area contributed by atoms with Crippen LogP contribution < -0.4 is 4.31 Å². The van der Waals surface area contributed by atoms with Gasteiger partial charge in [-0.3, -0.25) is 4.31 Å². The molecule has 6 nitrogen and oxygen atoms in total. The second kappa shape index (κ2) is 8.42. The van der Waals surface area contributed by atoms with E-state index < -0.39 is 33.3 Å². The summed E-state index contributed by atoms with van der Waals surface area (Å²) in [7, 11) is -3.95. The Hall–Kier alpha value is -2.59. The van der Waals surface area contributed by atoms with Crippen LogP contribution >= 0.6 is 0 Å². The zero-order chi connectivity index (χ0) is 21.9. The molecule has 0 aromatic heterocycles. The molecule has 0 aliphatic heterocycles. The Morgan fingerprint density at radius 1 is 1.03 bits per heavy atom. The summed E-state index contributed by atoms with van der Waals surface area (Å²) in [4.78, 5) is 11.9. The summed E-state index contributed by atoms with van der Waals surface area (Å²) < 4.78 is 71.4. The molecule has 158 valence electrons. The van der Waals surface area contributed by atoms with E-state index in [1.807, 2.05) is 0 Å². The second-order valence-corrected chi connectivity index (χ2v) is 7.82. The zero-order valence-electron chi connectivity index (χ0n) is 15.7. The molecule has 0 radical (unpaired) electrons. The van der Waals surface area contributed by atoms with Crippen molar-refractivity contribution in [3.05, 3.63) is 60.2 Å². The van der Waals surface area contributed by atoms with Crippen molar-refractivity contribution >= 4 is 21.7 Å². The van der Waals surface area contributed by atoms with Crippen LogP contribution in [0, 0.1) is 0 Å². The molecule has 0 fully saturated rings. The van der Waals surface area contributed by atoms with Gasteiger partial charge in [0.05, 0.1) is 17.2 Å². The minimum Gasteiger partial charge on any atom is -0.463 e. The van der Waals surface area contributed by atoms with Gasteiger partial charge in [0.1, 0.15) is 0 Å². The molecule has 1 atom stereocenters. The molecular formula is C19H20F3NO5S. The van der Waals surface area contributed by atoms with E-state index in [0.717, 1.165) is 28.6 Å². The summed E-state index contributed by atoms with van der Waals surface area (Å²) in [5, 5.41) is 10.1. The summed E-state index contributed by atoms with van der Waals surface area (Å²) in [6.07, 6.45) is -5.33. The number of halogens is 3. The van der Waals surface area contributed by atoms with E-state index in [2.05, 4.69) is 4.74 Å². The Morgan fingerprint density at radius 3 is 2.03 bits per heavy atom. The van der Waals surface area contributed by atoms with Crippen LogP contribution in [0.5, 0.6) is 0 Å². The fourth-order valence-corrected chi connectivity index (χ4v) is 4.21. The number of anilines is 1. The van der Waals surface area contributed by atoms with Gasteiger partial charge in [0.15, 0.2) is 0 Å². The van der Waals surface area contributed by atoms with Crippen LogP contribution in [0.25, 0.3) is 0 Å². The number of nitrogens with zero attached hydrogens (tertiary/aromatic N) is 1. The van der Waals surface area contributed by atoms with Crippen molar-refractivity contribution in [2.24, 2.45) is 0 Å². The van der Waals surface area contributed by atoms with Crippen LogP contribution in [0.15, 0.2) is 59.5 Å². The number of ether oxygens (including phenoxy) is 1. The van der Waals surface area contributed by atoms with Crippen molar-refractivity contribution in [2.45, 2.75) is 30.5 Å². The number of esters is 1. The third-order valence-corrected chi connectivity index (χ3v) is 6.09. The van der Waals surface area contributed by atoms with E-state index in [1.54, 1.807) is 25.1 Å². The van der Waals surface area contributed by atoms with Crippen LogP contribution in [-0.4, -0.2) is 38.8 Å². The lowest BCUT2D eigenvalue weighted by Gasteiger charge is -2.29. The average molecular weight is 431 g/mol. The Bertz CT molecular complexity index is 946.